The van der Waals surface area contributed by atoms with Crippen molar-refractivity contribution in [1.82, 2.24) is 15.8 Å². The molecule has 1 aromatic rings. The van der Waals surface area contributed by atoms with Crippen LogP contribution in [-0.4, -0.2) is 40.0 Å². The van der Waals surface area contributed by atoms with Crippen molar-refractivity contribution in [2.45, 2.75) is 32.1 Å². The van der Waals surface area contributed by atoms with E-state index in [1.807, 2.05) is 0 Å². The number of nitro groups is 1. The number of fused-ring (bicyclic) bond motifs is 1. The predicted molar refractivity (Wildman–Crippen MR) is 95.5 cm³/mol. The molecule has 2 fully saturated rings. The van der Waals surface area contributed by atoms with E-state index in [4.69, 9.17) is 0 Å². The Morgan fingerprint density at radius 1 is 1.11 bits per heavy atom. The second kappa shape index (κ2) is 8.15. The molecule has 0 spiro atoms. The molecule has 1 saturated carbocycles. The highest BCUT2D eigenvalue weighted by atomic mass is 16.6. The number of carbonyl (C=O) groups excluding carboxylic acids is 4. The van der Waals surface area contributed by atoms with Gasteiger partial charge in [0.15, 0.2) is 0 Å². The molecule has 0 radical (unpaired) electrons. The second-order valence-corrected chi connectivity index (χ2v) is 6.89. The summed E-state index contributed by atoms with van der Waals surface area (Å²) in [4.78, 5) is 59.9. The lowest BCUT2D eigenvalue weighted by atomic mass is 9.81. The number of hydrazine groups is 1. The Bertz CT molecular complexity index is 815. The van der Waals surface area contributed by atoms with Crippen LogP contribution in [0.4, 0.5) is 5.69 Å². The van der Waals surface area contributed by atoms with E-state index >= 15 is 0 Å². The van der Waals surface area contributed by atoms with Gasteiger partial charge in [0.1, 0.15) is 0 Å². The number of likely N-dealkylation sites (tertiary alicyclic amines) is 1. The monoisotopic (exact) mass is 388 g/mol. The number of non-ortho nitro benzene ring substituents is 1. The van der Waals surface area contributed by atoms with Gasteiger partial charge in [0, 0.05) is 30.7 Å². The summed E-state index contributed by atoms with van der Waals surface area (Å²) in [5, 5.41) is 10.7. The lowest BCUT2D eigenvalue weighted by Crippen LogP contribution is -2.43. The SMILES string of the molecule is O=C(CCN1C(=O)C2CCCCC2C1=O)NNC(=O)c1cccc([N+](=O)[O-])c1. The molecule has 10 heteroatoms. The maximum Gasteiger partial charge on any atom is 0.270 e. The van der Waals surface area contributed by atoms with Crippen LogP contribution >= 0.6 is 0 Å². The van der Waals surface area contributed by atoms with E-state index in [2.05, 4.69) is 10.9 Å². The summed E-state index contributed by atoms with van der Waals surface area (Å²) in [6.45, 7) is -0.0385. The van der Waals surface area contributed by atoms with Crippen LogP contribution in [0.3, 0.4) is 0 Å². The molecule has 1 aliphatic heterocycles. The zero-order chi connectivity index (χ0) is 20.3. The summed E-state index contributed by atoms with van der Waals surface area (Å²) >= 11 is 0. The zero-order valence-corrected chi connectivity index (χ0v) is 15.1. The van der Waals surface area contributed by atoms with Gasteiger partial charge < -0.3 is 0 Å². The first-order valence-corrected chi connectivity index (χ1v) is 9.07. The highest BCUT2D eigenvalue weighted by Crippen LogP contribution is 2.37. The van der Waals surface area contributed by atoms with Crippen LogP contribution in [0.2, 0.25) is 0 Å². The average Bonchev–Trinajstić information content (AvgIpc) is 2.95. The third kappa shape index (κ3) is 4.00. The van der Waals surface area contributed by atoms with E-state index < -0.39 is 16.7 Å². The lowest BCUT2D eigenvalue weighted by Gasteiger charge is -2.19. The molecule has 2 N–H and O–H groups in total. The van der Waals surface area contributed by atoms with Crippen molar-refractivity contribution in [2.75, 3.05) is 6.54 Å². The summed E-state index contributed by atoms with van der Waals surface area (Å²) in [6, 6.07) is 5.07. The lowest BCUT2D eigenvalue weighted by molar-refractivity contribution is -0.384. The van der Waals surface area contributed by atoms with E-state index in [0.717, 1.165) is 23.8 Å². The third-order valence-corrected chi connectivity index (χ3v) is 5.13. The molecule has 0 bridgehead atoms. The van der Waals surface area contributed by atoms with Crippen molar-refractivity contribution in [3.63, 3.8) is 0 Å². The number of nitro benzene ring substituents is 1. The van der Waals surface area contributed by atoms with Gasteiger partial charge in [-0.05, 0) is 18.9 Å². The molecular weight excluding hydrogens is 368 g/mol. The highest BCUT2D eigenvalue weighted by Gasteiger charge is 2.47. The molecule has 2 unspecified atom stereocenters. The largest absolute Gasteiger partial charge is 0.282 e. The molecule has 28 heavy (non-hydrogen) atoms. The van der Waals surface area contributed by atoms with Crippen molar-refractivity contribution in [3.8, 4) is 0 Å². The fourth-order valence-corrected chi connectivity index (χ4v) is 3.69. The summed E-state index contributed by atoms with van der Waals surface area (Å²) in [6.07, 6.45) is 3.12. The van der Waals surface area contributed by atoms with E-state index in [1.54, 1.807) is 0 Å². The topological polar surface area (TPSA) is 139 Å². The summed E-state index contributed by atoms with van der Waals surface area (Å²) in [5.74, 6) is -2.26. The first-order valence-electron chi connectivity index (χ1n) is 9.07. The number of amides is 4. The Labute approximate surface area is 160 Å². The standard InChI is InChI=1S/C18H20N4O6/c23-15(19-20-16(24)11-4-3-5-12(10-11)22(27)28)8-9-21-17(25)13-6-1-2-7-14(13)18(21)26/h3-5,10,13-14H,1-2,6-9H2,(H,19,23)(H,20,24). The number of rotatable bonds is 5. The molecule has 2 aliphatic rings. The Balaban J connectivity index is 1.49. The average molecular weight is 388 g/mol. The normalized spacial score (nSPS) is 21.2. The molecule has 2 atom stereocenters. The molecule has 4 amide bonds. The van der Waals surface area contributed by atoms with E-state index in [-0.39, 0.29) is 47.9 Å². The van der Waals surface area contributed by atoms with E-state index in [9.17, 15) is 29.3 Å². The number of nitrogens with one attached hydrogen (secondary N) is 2. The van der Waals surface area contributed by atoms with Gasteiger partial charge in [0.25, 0.3) is 11.6 Å². The van der Waals surface area contributed by atoms with Crippen LogP contribution in [0.15, 0.2) is 24.3 Å². The van der Waals surface area contributed by atoms with Crippen LogP contribution in [0.25, 0.3) is 0 Å². The van der Waals surface area contributed by atoms with Crippen LogP contribution in [-0.2, 0) is 14.4 Å². The first kappa shape index (κ1) is 19.5. The maximum absolute atomic E-state index is 12.3. The van der Waals surface area contributed by atoms with Crippen LogP contribution in [0.1, 0.15) is 42.5 Å². The number of hydrogen-bond acceptors (Lipinski definition) is 6. The molecule has 0 aromatic heterocycles. The van der Waals surface area contributed by atoms with Crippen molar-refractivity contribution in [1.29, 1.82) is 0 Å². The second-order valence-electron chi connectivity index (χ2n) is 6.89. The smallest absolute Gasteiger partial charge is 0.270 e. The number of imide groups is 1. The van der Waals surface area contributed by atoms with Crippen molar-refractivity contribution in [2.24, 2.45) is 11.8 Å². The number of carbonyl (C=O) groups is 4. The molecular formula is C18H20N4O6. The van der Waals surface area contributed by atoms with Gasteiger partial charge in [-0.15, -0.1) is 0 Å². The Morgan fingerprint density at radius 3 is 2.36 bits per heavy atom. The number of hydrogen-bond donors (Lipinski definition) is 2. The van der Waals surface area contributed by atoms with Gasteiger partial charge >= 0.3 is 0 Å². The third-order valence-electron chi connectivity index (χ3n) is 5.13. The quantitative estimate of drug-likeness (QED) is 0.437. The van der Waals surface area contributed by atoms with Gasteiger partial charge in [-0.3, -0.25) is 45.0 Å². The summed E-state index contributed by atoms with van der Waals surface area (Å²) < 4.78 is 0. The van der Waals surface area contributed by atoms with Crippen molar-refractivity contribution in [3.05, 3.63) is 39.9 Å². The van der Waals surface area contributed by atoms with E-state index in [0.29, 0.717) is 12.8 Å². The predicted octanol–water partition coefficient (Wildman–Crippen LogP) is 0.921. The van der Waals surface area contributed by atoms with Crippen LogP contribution in [0, 0.1) is 22.0 Å². The number of nitrogens with zero attached hydrogens (tertiary/aromatic N) is 2. The first-order chi connectivity index (χ1) is 13.4. The summed E-state index contributed by atoms with van der Waals surface area (Å²) in [5.41, 5.74) is 4.12. The van der Waals surface area contributed by atoms with Gasteiger partial charge in [-0.1, -0.05) is 18.9 Å². The van der Waals surface area contributed by atoms with E-state index in [1.165, 1.54) is 18.2 Å². The van der Waals surface area contributed by atoms with Crippen molar-refractivity contribution >= 4 is 29.3 Å². The molecule has 10 nitrogen and oxygen atoms in total. The molecule has 1 saturated heterocycles. The van der Waals surface area contributed by atoms with Gasteiger partial charge in [0.2, 0.25) is 17.7 Å². The minimum Gasteiger partial charge on any atom is -0.282 e. The summed E-state index contributed by atoms with van der Waals surface area (Å²) in [7, 11) is 0. The maximum atomic E-state index is 12.3. The van der Waals surface area contributed by atoms with Gasteiger partial charge in [-0.25, -0.2) is 0 Å². The minimum absolute atomic E-state index is 0.0171. The van der Waals surface area contributed by atoms with Crippen molar-refractivity contribution < 1.29 is 24.1 Å². The molecule has 1 aliphatic carbocycles. The van der Waals surface area contributed by atoms with Gasteiger partial charge in [-0.2, -0.15) is 0 Å². The minimum atomic E-state index is -0.712. The molecule has 3 rings (SSSR count). The Hall–Kier alpha value is -3.30. The zero-order valence-electron chi connectivity index (χ0n) is 15.1. The molecule has 1 heterocycles. The van der Waals surface area contributed by atoms with Crippen LogP contribution in [0.5, 0.6) is 0 Å². The van der Waals surface area contributed by atoms with Crippen LogP contribution < -0.4 is 10.9 Å². The Morgan fingerprint density at radius 2 is 1.75 bits per heavy atom. The molecule has 148 valence electrons. The number of benzene rings is 1. The molecule has 1 aromatic carbocycles. The van der Waals surface area contributed by atoms with Gasteiger partial charge in [0.05, 0.1) is 16.8 Å². The fraction of sp³-hybridized carbons (Fsp3) is 0.444. The highest BCUT2D eigenvalue weighted by molar-refractivity contribution is 6.05. The Kier molecular flexibility index (Phi) is 5.67. The fourth-order valence-electron chi connectivity index (χ4n) is 3.69.